The average molecular weight is 525 g/mol. The van der Waals surface area contributed by atoms with Gasteiger partial charge in [0.25, 0.3) is 0 Å². The van der Waals surface area contributed by atoms with E-state index in [-0.39, 0.29) is 0 Å². The minimum absolute atomic E-state index is 0.393. The number of ether oxygens (including phenoxy) is 2. The zero-order chi connectivity index (χ0) is 25.5. The van der Waals surface area contributed by atoms with Crippen molar-refractivity contribution < 1.29 is 9.47 Å². The van der Waals surface area contributed by atoms with E-state index in [1.54, 1.807) is 6.20 Å². The first-order valence-corrected chi connectivity index (χ1v) is 14.0. The maximum absolute atomic E-state index is 9.73. The Kier molecular flexibility index (Phi) is 8.78. The molecule has 9 heteroatoms. The van der Waals surface area contributed by atoms with E-state index >= 15 is 0 Å². The highest BCUT2D eigenvalue weighted by Crippen LogP contribution is 2.32. The lowest BCUT2D eigenvalue weighted by Gasteiger charge is -2.31. The normalized spacial score (nSPS) is 25.4. The predicted molar refractivity (Wildman–Crippen MR) is 146 cm³/mol. The second-order valence-corrected chi connectivity index (χ2v) is 11.0. The minimum atomic E-state index is -0.417. The van der Waals surface area contributed by atoms with Gasteiger partial charge in [-0.3, -0.25) is 0 Å². The largest absolute Gasteiger partial charge is 0.381 e. The number of nitriles is 1. The molecule has 2 aromatic heterocycles. The van der Waals surface area contributed by atoms with Crippen molar-refractivity contribution in [3.63, 3.8) is 0 Å². The second kappa shape index (κ2) is 12.4. The van der Waals surface area contributed by atoms with Gasteiger partial charge < -0.3 is 25.4 Å². The first kappa shape index (κ1) is 26.2. The van der Waals surface area contributed by atoms with Crippen LogP contribution in [0.1, 0.15) is 51.4 Å². The van der Waals surface area contributed by atoms with Crippen LogP contribution in [0.25, 0.3) is 11.3 Å². The van der Waals surface area contributed by atoms with E-state index in [4.69, 9.17) is 26.1 Å². The van der Waals surface area contributed by atoms with E-state index in [0.717, 1.165) is 74.6 Å². The van der Waals surface area contributed by atoms with Crippen LogP contribution in [0.4, 0.5) is 11.6 Å². The van der Waals surface area contributed by atoms with Crippen molar-refractivity contribution in [1.29, 1.82) is 5.26 Å². The highest BCUT2D eigenvalue weighted by molar-refractivity contribution is 6.33. The summed E-state index contributed by atoms with van der Waals surface area (Å²) >= 11 is 6.55. The van der Waals surface area contributed by atoms with E-state index in [2.05, 4.69) is 27.0 Å². The smallest absolute Gasteiger partial charge is 0.126 e. The molecule has 0 amide bonds. The van der Waals surface area contributed by atoms with Gasteiger partial charge in [-0.1, -0.05) is 17.7 Å². The van der Waals surface area contributed by atoms with Crippen LogP contribution in [0.2, 0.25) is 5.02 Å². The summed E-state index contributed by atoms with van der Waals surface area (Å²) in [5.74, 6) is 1.55. The topological polar surface area (TPSA) is 104 Å². The lowest BCUT2D eigenvalue weighted by Crippen LogP contribution is -2.40. The standard InChI is InChI=1S/C28H37ClN6O2/c29-24-17-32-27(34-21-8-6-20(7-9-21)31-16-22-3-2-12-37-22)15-23(24)25-4-1-5-26(35-25)33-19-28(18-30)10-13-36-14-11-28/h1,4-5,15,17,20-22,31H,2-3,6-14,16,19H2,(H,32,34)(H,33,35)/t20-,21-,22?. The van der Waals surface area contributed by atoms with Gasteiger partial charge in [0.1, 0.15) is 11.6 Å². The number of rotatable bonds is 9. The molecule has 0 radical (unpaired) electrons. The summed E-state index contributed by atoms with van der Waals surface area (Å²) in [6.45, 7) is 3.67. The van der Waals surface area contributed by atoms with E-state index in [0.29, 0.717) is 43.0 Å². The average Bonchev–Trinajstić information content (AvgIpc) is 3.47. The van der Waals surface area contributed by atoms with E-state index in [1.165, 1.54) is 12.8 Å². The molecule has 3 fully saturated rings. The molecule has 2 aliphatic heterocycles. The number of anilines is 2. The maximum atomic E-state index is 9.73. The van der Waals surface area contributed by atoms with Gasteiger partial charge in [-0.25, -0.2) is 9.97 Å². The summed E-state index contributed by atoms with van der Waals surface area (Å²) in [7, 11) is 0. The number of aromatic nitrogens is 2. The number of nitrogens with one attached hydrogen (secondary N) is 3. The van der Waals surface area contributed by atoms with Crippen molar-refractivity contribution in [2.45, 2.75) is 69.6 Å². The summed E-state index contributed by atoms with van der Waals surface area (Å²) in [5, 5.41) is 21.0. The molecule has 0 bridgehead atoms. The summed E-state index contributed by atoms with van der Waals surface area (Å²) < 4.78 is 11.2. The lowest BCUT2D eigenvalue weighted by molar-refractivity contribution is 0.0455. The van der Waals surface area contributed by atoms with Crippen LogP contribution < -0.4 is 16.0 Å². The third kappa shape index (κ3) is 6.91. The van der Waals surface area contributed by atoms with Crippen LogP contribution in [-0.4, -0.2) is 61.1 Å². The molecule has 5 rings (SSSR count). The van der Waals surface area contributed by atoms with Crippen LogP contribution in [0.5, 0.6) is 0 Å². The highest BCUT2D eigenvalue weighted by Gasteiger charge is 2.32. The van der Waals surface area contributed by atoms with Crippen LogP contribution in [0.15, 0.2) is 30.5 Å². The van der Waals surface area contributed by atoms with E-state index < -0.39 is 5.41 Å². The van der Waals surface area contributed by atoms with E-state index in [9.17, 15) is 5.26 Å². The Balaban J connectivity index is 1.17. The Morgan fingerprint density at radius 3 is 2.62 bits per heavy atom. The fraction of sp³-hybridized carbons (Fsp3) is 0.607. The Bertz CT molecular complexity index is 1070. The van der Waals surface area contributed by atoms with Crippen molar-refractivity contribution in [3.8, 4) is 17.3 Å². The van der Waals surface area contributed by atoms with Crippen molar-refractivity contribution in [2.24, 2.45) is 5.41 Å². The molecule has 1 saturated carbocycles. The number of hydrogen-bond donors (Lipinski definition) is 3. The molecule has 1 aliphatic carbocycles. The number of hydrogen-bond acceptors (Lipinski definition) is 8. The van der Waals surface area contributed by atoms with Crippen molar-refractivity contribution in [3.05, 3.63) is 35.5 Å². The minimum Gasteiger partial charge on any atom is -0.381 e. The molecule has 0 spiro atoms. The van der Waals surface area contributed by atoms with Crippen molar-refractivity contribution >= 4 is 23.2 Å². The third-order valence-electron chi connectivity index (χ3n) is 7.91. The lowest BCUT2D eigenvalue weighted by atomic mass is 9.82. The molecule has 1 unspecified atom stereocenters. The molecule has 2 saturated heterocycles. The van der Waals surface area contributed by atoms with Gasteiger partial charge in [-0.15, -0.1) is 0 Å². The molecule has 1 atom stereocenters. The van der Waals surface area contributed by atoms with Crippen LogP contribution in [0.3, 0.4) is 0 Å². The Morgan fingerprint density at radius 1 is 1.05 bits per heavy atom. The fourth-order valence-corrected chi connectivity index (χ4v) is 5.70. The predicted octanol–water partition coefficient (Wildman–Crippen LogP) is 5.02. The zero-order valence-electron chi connectivity index (χ0n) is 21.3. The maximum Gasteiger partial charge on any atom is 0.126 e. The molecular formula is C28H37ClN6O2. The number of halogens is 1. The molecular weight excluding hydrogens is 488 g/mol. The summed E-state index contributed by atoms with van der Waals surface area (Å²) in [6, 6.07) is 11.3. The summed E-state index contributed by atoms with van der Waals surface area (Å²) in [5.41, 5.74) is 1.21. The molecule has 3 aliphatic rings. The van der Waals surface area contributed by atoms with Gasteiger partial charge >= 0.3 is 0 Å². The first-order valence-electron chi connectivity index (χ1n) is 13.6. The summed E-state index contributed by atoms with van der Waals surface area (Å²) in [6.07, 6.45) is 10.4. The number of nitrogens with zero attached hydrogens (tertiary/aromatic N) is 3. The van der Waals surface area contributed by atoms with Gasteiger partial charge in [0.05, 0.1) is 28.3 Å². The fourth-order valence-electron chi connectivity index (χ4n) is 5.50. The summed E-state index contributed by atoms with van der Waals surface area (Å²) in [4.78, 5) is 9.33. The first-order chi connectivity index (χ1) is 18.1. The van der Waals surface area contributed by atoms with Crippen LogP contribution >= 0.6 is 11.6 Å². The Labute approximate surface area is 224 Å². The molecule has 198 valence electrons. The monoisotopic (exact) mass is 524 g/mol. The van der Waals surface area contributed by atoms with Crippen LogP contribution in [0, 0.1) is 16.7 Å². The number of pyridine rings is 2. The second-order valence-electron chi connectivity index (χ2n) is 10.6. The van der Waals surface area contributed by atoms with E-state index in [1.807, 2.05) is 24.3 Å². The Hall–Kier alpha value is -2.44. The quantitative estimate of drug-likeness (QED) is 0.420. The Morgan fingerprint density at radius 2 is 1.86 bits per heavy atom. The third-order valence-corrected chi connectivity index (χ3v) is 8.21. The molecule has 4 heterocycles. The van der Waals surface area contributed by atoms with Gasteiger partial charge in [-0.2, -0.15) is 5.26 Å². The van der Waals surface area contributed by atoms with Gasteiger partial charge in [0.2, 0.25) is 0 Å². The molecule has 3 N–H and O–H groups in total. The van der Waals surface area contributed by atoms with Crippen LogP contribution in [-0.2, 0) is 9.47 Å². The molecule has 8 nitrogen and oxygen atoms in total. The van der Waals surface area contributed by atoms with Crippen molar-refractivity contribution in [2.75, 3.05) is 43.5 Å². The highest BCUT2D eigenvalue weighted by atomic mass is 35.5. The molecule has 2 aromatic rings. The SMILES string of the molecule is N#CC1(CNc2cccc(-c3cc(N[C@H]4CC[C@H](NCC5CCCO5)CC4)ncc3Cl)n2)CCOCC1. The van der Waals surface area contributed by atoms with Gasteiger partial charge in [0, 0.05) is 56.8 Å². The molecule has 37 heavy (non-hydrogen) atoms. The van der Waals surface area contributed by atoms with Gasteiger partial charge in [0.15, 0.2) is 0 Å². The van der Waals surface area contributed by atoms with Crippen molar-refractivity contribution in [1.82, 2.24) is 15.3 Å². The van der Waals surface area contributed by atoms with Gasteiger partial charge in [-0.05, 0) is 69.6 Å². The molecule has 0 aromatic carbocycles. The zero-order valence-corrected chi connectivity index (χ0v) is 22.1.